The van der Waals surface area contributed by atoms with E-state index in [2.05, 4.69) is 41.7 Å². The lowest BCUT2D eigenvalue weighted by Crippen LogP contribution is -2.62. The fraction of sp³-hybridized carbons (Fsp3) is 0.333. The third-order valence-electron chi connectivity index (χ3n) is 5.31. The van der Waals surface area contributed by atoms with Crippen molar-refractivity contribution in [1.29, 1.82) is 0 Å². The summed E-state index contributed by atoms with van der Waals surface area (Å²) >= 11 is 0. The minimum atomic E-state index is -1.85. The summed E-state index contributed by atoms with van der Waals surface area (Å²) in [6.45, 7) is 2.74. The molecule has 124 valence electrons. The fourth-order valence-corrected chi connectivity index (χ4v) is 8.55. The van der Waals surface area contributed by atoms with Crippen molar-refractivity contribution in [3.8, 4) is 23.0 Å². The molecule has 0 aromatic heterocycles. The molecule has 1 N–H and O–H groups in total. The van der Waals surface area contributed by atoms with Crippen molar-refractivity contribution in [3.05, 3.63) is 36.4 Å². The minimum absolute atomic E-state index is 0.318. The highest BCUT2D eigenvalue weighted by Crippen LogP contribution is 2.34. The van der Waals surface area contributed by atoms with Gasteiger partial charge in [0.15, 0.2) is 23.0 Å². The lowest BCUT2D eigenvalue weighted by atomic mass is 10.3. The van der Waals surface area contributed by atoms with E-state index in [0.29, 0.717) is 13.6 Å². The van der Waals surface area contributed by atoms with Gasteiger partial charge in [-0.05, 0) is 49.4 Å². The molecular weight excluding hydrogens is 322 g/mol. The number of rotatable bonds is 2. The second-order valence-corrected chi connectivity index (χ2v) is 10.8. The SMILES string of the molecule is c1cc2c(cc1[Si]1(c3ccc4c(c3)OCO4)CCNCC1)OCO2. The van der Waals surface area contributed by atoms with E-state index in [0.717, 1.165) is 36.1 Å². The number of ether oxygens (including phenoxy) is 4. The average molecular weight is 341 g/mol. The fourth-order valence-electron chi connectivity index (χ4n) is 3.99. The van der Waals surface area contributed by atoms with E-state index in [1.807, 2.05) is 0 Å². The third-order valence-corrected chi connectivity index (χ3v) is 10.3. The Balaban J connectivity index is 1.63. The third kappa shape index (κ3) is 2.10. The van der Waals surface area contributed by atoms with Gasteiger partial charge in [-0.1, -0.05) is 22.5 Å². The largest absolute Gasteiger partial charge is 0.454 e. The zero-order valence-electron chi connectivity index (χ0n) is 13.3. The van der Waals surface area contributed by atoms with Crippen LogP contribution in [-0.4, -0.2) is 34.7 Å². The molecule has 3 aliphatic heterocycles. The zero-order valence-corrected chi connectivity index (χ0v) is 14.3. The van der Waals surface area contributed by atoms with E-state index in [9.17, 15) is 0 Å². The molecule has 0 unspecified atom stereocenters. The molecular formula is C18H19NO4Si. The first-order valence-electron chi connectivity index (χ1n) is 8.36. The maximum Gasteiger partial charge on any atom is 0.231 e. The summed E-state index contributed by atoms with van der Waals surface area (Å²) in [6, 6.07) is 15.3. The highest BCUT2D eigenvalue weighted by Gasteiger charge is 2.40. The van der Waals surface area contributed by atoms with Gasteiger partial charge in [-0.3, -0.25) is 0 Å². The van der Waals surface area contributed by atoms with Gasteiger partial charge in [0.2, 0.25) is 13.6 Å². The van der Waals surface area contributed by atoms with Gasteiger partial charge >= 0.3 is 0 Å². The normalized spacial score (nSPS) is 20.2. The quantitative estimate of drug-likeness (QED) is 0.835. The molecule has 3 aliphatic rings. The van der Waals surface area contributed by atoms with Crippen LogP contribution in [0.3, 0.4) is 0 Å². The van der Waals surface area contributed by atoms with Crippen LogP contribution in [0.4, 0.5) is 0 Å². The Morgan fingerprint density at radius 3 is 1.71 bits per heavy atom. The number of hydrogen-bond donors (Lipinski definition) is 1. The second kappa shape index (κ2) is 5.43. The molecule has 0 aliphatic carbocycles. The van der Waals surface area contributed by atoms with Crippen LogP contribution in [0.5, 0.6) is 23.0 Å². The van der Waals surface area contributed by atoms with Crippen LogP contribution in [0, 0.1) is 0 Å². The summed E-state index contributed by atoms with van der Waals surface area (Å²) in [4.78, 5) is 0. The highest BCUT2D eigenvalue weighted by atomic mass is 28.3. The lowest BCUT2D eigenvalue weighted by molar-refractivity contribution is 0.173. The van der Waals surface area contributed by atoms with Gasteiger partial charge in [0.1, 0.15) is 8.07 Å². The van der Waals surface area contributed by atoms with E-state index >= 15 is 0 Å². The number of nitrogens with one attached hydrogen (secondary N) is 1. The van der Waals surface area contributed by atoms with E-state index < -0.39 is 8.07 Å². The van der Waals surface area contributed by atoms with Crippen molar-refractivity contribution in [3.63, 3.8) is 0 Å². The van der Waals surface area contributed by atoms with Gasteiger partial charge in [0.05, 0.1) is 0 Å². The molecule has 0 radical (unpaired) electrons. The van der Waals surface area contributed by atoms with Gasteiger partial charge in [0.25, 0.3) is 0 Å². The Morgan fingerprint density at radius 1 is 0.667 bits per heavy atom. The number of hydrogen-bond acceptors (Lipinski definition) is 5. The number of fused-ring (bicyclic) bond motifs is 2. The molecule has 0 spiro atoms. The van der Waals surface area contributed by atoms with E-state index in [4.69, 9.17) is 18.9 Å². The maximum absolute atomic E-state index is 5.62. The predicted octanol–water partition coefficient (Wildman–Crippen LogP) is 1.31. The van der Waals surface area contributed by atoms with Gasteiger partial charge in [-0.25, -0.2) is 0 Å². The smallest absolute Gasteiger partial charge is 0.231 e. The van der Waals surface area contributed by atoms with Crippen molar-refractivity contribution < 1.29 is 18.9 Å². The van der Waals surface area contributed by atoms with Gasteiger partial charge in [-0.15, -0.1) is 0 Å². The first kappa shape index (κ1) is 14.2. The molecule has 1 fully saturated rings. The summed E-state index contributed by atoms with van der Waals surface area (Å²) in [5.74, 6) is 3.45. The average Bonchev–Trinajstić information content (AvgIpc) is 3.30. The Morgan fingerprint density at radius 2 is 1.17 bits per heavy atom. The van der Waals surface area contributed by atoms with Crippen molar-refractivity contribution in [2.24, 2.45) is 0 Å². The predicted molar refractivity (Wildman–Crippen MR) is 92.6 cm³/mol. The van der Waals surface area contributed by atoms with Crippen molar-refractivity contribution >= 4 is 18.4 Å². The molecule has 1 saturated heterocycles. The summed E-state index contributed by atoms with van der Waals surface area (Å²) in [7, 11) is -1.85. The molecule has 5 nitrogen and oxygen atoms in total. The molecule has 0 atom stereocenters. The first-order valence-corrected chi connectivity index (χ1v) is 10.8. The zero-order chi connectivity index (χ0) is 16.0. The molecule has 6 heteroatoms. The van der Waals surface area contributed by atoms with E-state index in [-0.39, 0.29) is 0 Å². The summed E-state index contributed by atoms with van der Waals surface area (Å²) in [5.41, 5.74) is 0. The molecule has 5 rings (SSSR count). The summed E-state index contributed by atoms with van der Waals surface area (Å²) in [6.07, 6.45) is 0. The molecule has 3 heterocycles. The number of benzene rings is 2. The molecule has 24 heavy (non-hydrogen) atoms. The Bertz CT molecular complexity index is 729. The molecule has 0 amide bonds. The van der Waals surface area contributed by atoms with Crippen molar-refractivity contribution in [1.82, 2.24) is 5.32 Å². The van der Waals surface area contributed by atoms with Gasteiger partial charge in [0, 0.05) is 0 Å². The van der Waals surface area contributed by atoms with E-state index in [1.165, 1.54) is 22.5 Å². The van der Waals surface area contributed by atoms with Crippen LogP contribution in [0.1, 0.15) is 0 Å². The van der Waals surface area contributed by atoms with Crippen LogP contribution in [0.2, 0.25) is 12.1 Å². The Labute approximate surface area is 141 Å². The monoisotopic (exact) mass is 341 g/mol. The van der Waals surface area contributed by atoms with Gasteiger partial charge in [-0.2, -0.15) is 0 Å². The second-order valence-electron chi connectivity index (χ2n) is 6.47. The van der Waals surface area contributed by atoms with Crippen molar-refractivity contribution in [2.45, 2.75) is 12.1 Å². The minimum Gasteiger partial charge on any atom is -0.454 e. The molecule has 2 aromatic rings. The van der Waals surface area contributed by atoms with Crippen LogP contribution in [0.25, 0.3) is 0 Å². The standard InChI is InChI=1S/C18H19NO4Si/c1-3-15-17(22-11-20-15)9-13(1)24(7-5-19-6-8-24)14-2-4-16-18(10-14)23-12-21-16/h1-4,9-10,19H,5-8,11-12H2. The molecule has 0 bridgehead atoms. The molecule has 0 saturated carbocycles. The lowest BCUT2D eigenvalue weighted by Gasteiger charge is -2.37. The van der Waals surface area contributed by atoms with Crippen LogP contribution in [-0.2, 0) is 0 Å². The van der Waals surface area contributed by atoms with Gasteiger partial charge < -0.3 is 24.3 Å². The van der Waals surface area contributed by atoms with E-state index in [1.54, 1.807) is 0 Å². The highest BCUT2D eigenvalue weighted by molar-refractivity contribution is 7.02. The Hall–Kier alpha value is -2.18. The summed E-state index contributed by atoms with van der Waals surface area (Å²) < 4.78 is 22.2. The van der Waals surface area contributed by atoms with Crippen molar-refractivity contribution in [2.75, 3.05) is 26.7 Å². The Kier molecular flexibility index (Phi) is 3.21. The summed E-state index contributed by atoms with van der Waals surface area (Å²) in [5, 5.41) is 6.33. The van der Waals surface area contributed by atoms with Crippen LogP contribution >= 0.6 is 0 Å². The maximum atomic E-state index is 5.62. The first-order chi connectivity index (χ1) is 11.9. The van der Waals surface area contributed by atoms with Crippen LogP contribution in [0.15, 0.2) is 36.4 Å². The van der Waals surface area contributed by atoms with Crippen LogP contribution < -0.4 is 34.6 Å². The topological polar surface area (TPSA) is 49.0 Å². The molecule has 2 aromatic carbocycles.